The van der Waals surface area contributed by atoms with Gasteiger partial charge < -0.3 is 29.4 Å². The molecule has 0 radical (unpaired) electrons. The summed E-state index contributed by atoms with van der Waals surface area (Å²) in [5.74, 6) is 0.486. The molecule has 1 aliphatic heterocycles. The van der Waals surface area contributed by atoms with Crippen molar-refractivity contribution in [2.24, 2.45) is 0 Å². The smallest absolute Gasteiger partial charge is 0.407 e. The number of morpholine rings is 1. The largest absolute Gasteiger partial charge is 0.444 e. The Labute approximate surface area is 265 Å². The molecule has 2 N–H and O–H groups in total. The van der Waals surface area contributed by atoms with E-state index in [1.807, 2.05) is 63.2 Å². The number of anilines is 2. The fourth-order valence-corrected chi connectivity index (χ4v) is 6.75. The van der Waals surface area contributed by atoms with Gasteiger partial charge in [-0.15, -0.1) is 11.3 Å². The van der Waals surface area contributed by atoms with Gasteiger partial charge >= 0.3 is 6.09 Å². The predicted molar refractivity (Wildman–Crippen MR) is 181 cm³/mol. The third kappa shape index (κ3) is 6.97. The second kappa shape index (κ2) is 12.9. The number of carbonyl (C=O) groups is 2. The maximum Gasteiger partial charge on any atom is 0.407 e. The Morgan fingerprint density at radius 3 is 2.47 bits per heavy atom. The first-order chi connectivity index (χ1) is 21.7. The van der Waals surface area contributed by atoms with E-state index >= 15 is 0 Å². The summed E-state index contributed by atoms with van der Waals surface area (Å²) < 4.78 is 19.3. The molecule has 3 heterocycles. The van der Waals surface area contributed by atoms with Crippen LogP contribution in [0.1, 0.15) is 40.0 Å². The summed E-state index contributed by atoms with van der Waals surface area (Å²) in [5.41, 5.74) is 2.56. The summed E-state index contributed by atoms with van der Waals surface area (Å²) in [6.07, 6.45) is 1.21. The zero-order chi connectivity index (χ0) is 31.6. The molecule has 2 amide bonds. The number of amides is 2. The lowest BCUT2D eigenvalue weighted by Crippen LogP contribution is -2.36. The molecule has 0 unspecified atom stereocenters. The van der Waals surface area contributed by atoms with Crippen LogP contribution in [-0.2, 0) is 14.3 Å². The van der Waals surface area contributed by atoms with Crippen LogP contribution < -0.4 is 21.0 Å². The van der Waals surface area contributed by atoms with Crippen LogP contribution in [0.15, 0.2) is 69.9 Å². The molecule has 9 nitrogen and oxygen atoms in total. The standard InChI is InChI=1S/C35H37N3O6S/c1-35(2,3)44-34(41)36-15-5-4-12-30(40)37-22-13-14-29-27(20-22)25-10-7-9-24(33(25)45-29)23-8-6-11-26-28(39)21-31(43-32(23)26)38-16-18-42-19-17-38/h6-11,13-14,20-21H,4-5,12,15-19H2,1-3H3,(H,36,41)(H,37,40). The molecule has 10 heteroatoms. The van der Waals surface area contributed by atoms with Gasteiger partial charge in [0.05, 0.1) is 18.6 Å². The van der Waals surface area contributed by atoms with Gasteiger partial charge in [0.2, 0.25) is 5.91 Å². The average molecular weight is 628 g/mol. The second-order valence-electron chi connectivity index (χ2n) is 12.2. The average Bonchev–Trinajstić information content (AvgIpc) is 3.38. The number of hydrogen-bond donors (Lipinski definition) is 2. The van der Waals surface area contributed by atoms with Crippen molar-refractivity contribution >= 4 is 66.1 Å². The van der Waals surface area contributed by atoms with Gasteiger partial charge in [-0.05, 0) is 57.9 Å². The maximum atomic E-state index is 13.2. The van der Waals surface area contributed by atoms with Crippen molar-refractivity contribution in [1.29, 1.82) is 0 Å². The zero-order valence-corrected chi connectivity index (χ0v) is 26.6. The summed E-state index contributed by atoms with van der Waals surface area (Å²) in [6.45, 7) is 8.45. The van der Waals surface area contributed by atoms with Crippen LogP contribution >= 0.6 is 11.3 Å². The van der Waals surface area contributed by atoms with E-state index in [1.165, 1.54) is 0 Å². The molecule has 0 saturated carbocycles. The van der Waals surface area contributed by atoms with Crippen molar-refractivity contribution in [1.82, 2.24) is 5.32 Å². The Balaban J connectivity index is 1.21. The SMILES string of the molecule is CC(C)(C)OC(=O)NCCCCC(=O)Nc1ccc2sc3c(-c4cccc5c(=O)cc(N6CCOCC6)oc45)cccc3c2c1. The number of alkyl carbamates (subject to hydrolysis) is 1. The van der Waals surface area contributed by atoms with Crippen molar-refractivity contribution in [2.75, 3.05) is 43.1 Å². The van der Waals surface area contributed by atoms with E-state index in [9.17, 15) is 14.4 Å². The number of nitrogens with zero attached hydrogens (tertiary/aromatic N) is 1. The number of para-hydroxylation sites is 1. The Hall–Kier alpha value is -4.41. The first-order valence-corrected chi connectivity index (χ1v) is 16.1. The highest BCUT2D eigenvalue weighted by Gasteiger charge is 2.19. The minimum atomic E-state index is -0.541. The highest BCUT2D eigenvalue weighted by Crippen LogP contribution is 2.42. The molecular weight excluding hydrogens is 590 g/mol. The van der Waals surface area contributed by atoms with Crippen LogP contribution in [0.5, 0.6) is 0 Å². The molecule has 1 fully saturated rings. The second-order valence-corrected chi connectivity index (χ2v) is 13.2. The molecule has 1 aliphatic rings. The Morgan fingerprint density at radius 1 is 0.933 bits per heavy atom. The molecule has 45 heavy (non-hydrogen) atoms. The Morgan fingerprint density at radius 2 is 1.69 bits per heavy atom. The van der Waals surface area contributed by atoms with Crippen LogP contribution in [0.2, 0.25) is 0 Å². The van der Waals surface area contributed by atoms with Crippen molar-refractivity contribution in [3.8, 4) is 11.1 Å². The molecule has 2 aromatic heterocycles. The summed E-state index contributed by atoms with van der Waals surface area (Å²) in [7, 11) is 0. The van der Waals surface area contributed by atoms with Crippen molar-refractivity contribution in [3.05, 3.63) is 70.9 Å². The molecule has 6 rings (SSSR count). The van der Waals surface area contributed by atoms with Crippen LogP contribution in [0.25, 0.3) is 42.3 Å². The lowest BCUT2D eigenvalue weighted by atomic mass is 10.0. The minimum Gasteiger partial charge on any atom is -0.444 e. The first kappa shape index (κ1) is 30.6. The lowest BCUT2D eigenvalue weighted by molar-refractivity contribution is -0.116. The summed E-state index contributed by atoms with van der Waals surface area (Å²) in [4.78, 5) is 39.7. The molecule has 234 valence electrons. The third-order valence-electron chi connectivity index (χ3n) is 7.63. The number of ether oxygens (including phenoxy) is 2. The van der Waals surface area contributed by atoms with Crippen molar-refractivity contribution in [3.63, 3.8) is 0 Å². The van der Waals surface area contributed by atoms with Crippen molar-refractivity contribution in [2.45, 2.75) is 45.6 Å². The number of hydrogen-bond acceptors (Lipinski definition) is 8. The molecule has 0 aliphatic carbocycles. The van der Waals surface area contributed by atoms with Gasteiger partial charge in [0.15, 0.2) is 11.3 Å². The van der Waals surface area contributed by atoms with Gasteiger partial charge in [0, 0.05) is 69.1 Å². The van der Waals surface area contributed by atoms with Gasteiger partial charge in [-0.25, -0.2) is 4.79 Å². The molecule has 0 atom stereocenters. The third-order valence-corrected chi connectivity index (χ3v) is 8.85. The van der Waals surface area contributed by atoms with E-state index in [2.05, 4.69) is 27.7 Å². The normalized spacial score (nSPS) is 13.8. The van der Waals surface area contributed by atoms with E-state index in [0.29, 0.717) is 69.0 Å². The minimum absolute atomic E-state index is 0.0669. The number of fused-ring (bicyclic) bond motifs is 4. The predicted octanol–water partition coefficient (Wildman–Crippen LogP) is 7.30. The molecule has 1 saturated heterocycles. The topological polar surface area (TPSA) is 110 Å². The van der Waals surface area contributed by atoms with Crippen LogP contribution in [0.4, 0.5) is 16.4 Å². The molecule has 3 aromatic carbocycles. The molecule has 5 aromatic rings. The maximum absolute atomic E-state index is 13.2. The van der Waals surface area contributed by atoms with Gasteiger partial charge in [-0.3, -0.25) is 9.59 Å². The highest BCUT2D eigenvalue weighted by molar-refractivity contribution is 7.26. The number of carbonyl (C=O) groups excluding carboxylic acids is 2. The summed E-state index contributed by atoms with van der Waals surface area (Å²) >= 11 is 1.68. The van der Waals surface area contributed by atoms with Crippen LogP contribution in [0, 0.1) is 0 Å². The summed E-state index contributed by atoms with van der Waals surface area (Å²) in [5, 5.41) is 8.41. The fourth-order valence-electron chi connectivity index (χ4n) is 5.54. The van der Waals surface area contributed by atoms with Gasteiger partial charge in [-0.1, -0.05) is 30.3 Å². The van der Waals surface area contributed by atoms with E-state index in [-0.39, 0.29) is 11.3 Å². The van der Waals surface area contributed by atoms with Crippen molar-refractivity contribution < 1.29 is 23.5 Å². The number of unbranched alkanes of at least 4 members (excludes halogenated alkanes) is 1. The van der Waals surface area contributed by atoms with Gasteiger partial charge in [0.25, 0.3) is 0 Å². The van der Waals surface area contributed by atoms with E-state index in [4.69, 9.17) is 13.9 Å². The van der Waals surface area contributed by atoms with E-state index < -0.39 is 11.7 Å². The number of thiophene rings is 1. The van der Waals surface area contributed by atoms with Gasteiger partial charge in [-0.2, -0.15) is 0 Å². The highest BCUT2D eigenvalue weighted by atomic mass is 32.1. The number of nitrogens with one attached hydrogen (secondary N) is 2. The molecule has 0 bridgehead atoms. The summed E-state index contributed by atoms with van der Waals surface area (Å²) in [6, 6.07) is 19.4. The monoisotopic (exact) mass is 627 g/mol. The quantitative estimate of drug-likeness (QED) is 0.174. The fraction of sp³-hybridized carbons (Fsp3) is 0.343. The Kier molecular flexibility index (Phi) is 8.78. The van der Waals surface area contributed by atoms with Crippen LogP contribution in [-0.4, -0.2) is 50.4 Å². The van der Waals surface area contributed by atoms with Gasteiger partial charge in [0.1, 0.15) is 11.2 Å². The number of rotatable bonds is 8. The zero-order valence-electron chi connectivity index (χ0n) is 25.7. The van der Waals surface area contributed by atoms with E-state index in [1.54, 1.807) is 17.4 Å². The molecule has 0 spiro atoms. The Bertz CT molecular complexity index is 1930. The van der Waals surface area contributed by atoms with E-state index in [0.717, 1.165) is 37.0 Å². The number of benzene rings is 3. The first-order valence-electron chi connectivity index (χ1n) is 15.3. The van der Waals surface area contributed by atoms with Crippen LogP contribution in [0.3, 0.4) is 0 Å². The lowest BCUT2D eigenvalue weighted by Gasteiger charge is -2.27. The molecular formula is C35H37N3O6S.